The van der Waals surface area contributed by atoms with Crippen LogP contribution >= 0.6 is 35.0 Å². The van der Waals surface area contributed by atoms with Crippen LogP contribution in [0, 0.1) is 0 Å². The number of nitrogens with zero attached hydrogens (tertiary/aromatic N) is 4. The van der Waals surface area contributed by atoms with Crippen LogP contribution in [0.3, 0.4) is 0 Å². The minimum atomic E-state index is -0.0199. The van der Waals surface area contributed by atoms with Crippen molar-refractivity contribution in [1.82, 2.24) is 14.9 Å². The monoisotopic (exact) mass is 420 g/mol. The number of anilines is 1. The smallest absolute Gasteiger partial charge is 0.264 e. The van der Waals surface area contributed by atoms with Gasteiger partial charge in [-0.05, 0) is 12.1 Å². The summed E-state index contributed by atoms with van der Waals surface area (Å²) in [5.74, 6) is 6.34. The maximum Gasteiger partial charge on any atom is 0.264 e. The van der Waals surface area contributed by atoms with Crippen LogP contribution in [0.2, 0.25) is 10.0 Å². The van der Waals surface area contributed by atoms with E-state index in [-0.39, 0.29) is 17.5 Å². The molecule has 3 rings (SSSR count). The Hall–Kier alpha value is -2.55. The number of nitrogens with one attached hydrogen (secondary N) is 1. The molecule has 0 aliphatic carbocycles. The molecule has 27 heavy (non-hydrogen) atoms. The zero-order valence-electron chi connectivity index (χ0n) is 13.8. The highest BCUT2D eigenvalue weighted by atomic mass is 35.5. The second-order valence-electron chi connectivity index (χ2n) is 5.29. The zero-order valence-corrected chi connectivity index (χ0v) is 16.2. The van der Waals surface area contributed by atoms with Gasteiger partial charge in [-0.1, -0.05) is 71.4 Å². The summed E-state index contributed by atoms with van der Waals surface area (Å²) in [5.41, 5.74) is 4.00. The molecule has 7 nitrogen and oxygen atoms in total. The Morgan fingerprint density at radius 3 is 2.74 bits per heavy atom. The van der Waals surface area contributed by atoms with E-state index in [0.717, 1.165) is 0 Å². The van der Waals surface area contributed by atoms with Crippen molar-refractivity contribution >= 4 is 52.9 Å². The van der Waals surface area contributed by atoms with Gasteiger partial charge in [-0.2, -0.15) is 5.10 Å². The summed E-state index contributed by atoms with van der Waals surface area (Å²) in [6, 6.07) is 14.1. The topological polar surface area (TPSA) is 98.2 Å². The molecule has 0 unspecified atom stereocenters. The van der Waals surface area contributed by atoms with Gasteiger partial charge in [0.1, 0.15) is 0 Å². The number of benzene rings is 2. The van der Waals surface area contributed by atoms with Crippen LogP contribution in [0.1, 0.15) is 15.9 Å². The van der Waals surface area contributed by atoms with E-state index in [1.54, 1.807) is 30.3 Å². The Kier molecular flexibility index (Phi) is 6.33. The quantitative estimate of drug-likeness (QED) is 0.198. The summed E-state index contributed by atoms with van der Waals surface area (Å²) in [5, 5.41) is 13.3. The Labute approximate surface area is 169 Å². The van der Waals surface area contributed by atoms with Gasteiger partial charge in [0.2, 0.25) is 5.16 Å². The number of rotatable bonds is 7. The molecule has 0 aliphatic heterocycles. The molecule has 0 saturated heterocycles. The van der Waals surface area contributed by atoms with Crippen LogP contribution in [0.25, 0.3) is 0 Å². The Balaban J connectivity index is 1.60. The van der Waals surface area contributed by atoms with Crippen LogP contribution in [0.15, 0.2) is 58.8 Å². The molecule has 1 heterocycles. The van der Waals surface area contributed by atoms with Crippen LogP contribution in [0.5, 0.6) is 0 Å². The van der Waals surface area contributed by atoms with Crippen molar-refractivity contribution in [2.45, 2.75) is 5.16 Å². The first-order valence-corrected chi connectivity index (χ1v) is 9.44. The fourth-order valence-corrected chi connectivity index (χ4v) is 3.26. The molecule has 0 spiro atoms. The van der Waals surface area contributed by atoms with Gasteiger partial charge in [-0.3, -0.25) is 4.79 Å². The van der Waals surface area contributed by atoms with Gasteiger partial charge in [-0.25, -0.2) is 10.1 Å². The van der Waals surface area contributed by atoms with Crippen molar-refractivity contribution in [2.24, 2.45) is 5.10 Å². The highest BCUT2D eigenvalue weighted by molar-refractivity contribution is 7.99. The lowest BCUT2D eigenvalue weighted by Gasteiger charge is -2.03. The predicted octanol–water partition coefficient (Wildman–Crippen LogP) is 3.72. The van der Waals surface area contributed by atoms with Gasteiger partial charge in [0.15, 0.2) is 5.78 Å². The molecular weight excluding hydrogens is 407 g/mol. The first kappa shape index (κ1) is 19.2. The number of nitrogens with two attached hydrogens (primary N) is 1. The number of ketones is 1. The van der Waals surface area contributed by atoms with Crippen molar-refractivity contribution < 1.29 is 4.79 Å². The summed E-state index contributed by atoms with van der Waals surface area (Å²) in [7, 11) is 0. The average molecular weight is 421 g/mol. The molecule has 0 atom stereocenters. The number of hydrazone groups is 1. The Morgan fingerprint density at radius 2 is 2.00 bits per heavy atom. The normalized spacial score (nSPS) is 11.0. The number of thioether (sulfide) groups is 1. The third-order valence-electron chi connectivity index (χ3n) is 3.42. The third-order valence-corrected chi connectivity index (χ3v) is 4.93. The molecule has 0 saturated carbocycles. The maximum atomic E-state index is 12.1. The lowest BCUT2D eigenvalue weighted by atomic mass is 10.2. The van der Waals surface area contributed by atoms with Crippen molar-refractivity contribution in [3.8, 4) is 0 Å². The largest absolute Gasteiger partial charge is 0.334 e. The highest BCUT2D eigenvalue weighted by Gasteiger charge is 2.12. The van der Waals surface area contributed by atoms with Crippen molar-refractivity contribution in [3.05, 3.63) is 69.7 Å². The summed E-state index contributed by atoms with van der Waals surface area (Å²) >= 11 is 13.1. The number of carbonyl (C=O) groups is 1. The molecule has 3 N–H and O–H groups in total. The first-order chi connectivity index (χ1) is 13.0. The van der Waals surface area contributed by atoms with Crippen LogP contribution in [-0.4, -0.2) is 32.6 Å². The summed E-state index contributed by atoms with van der Waals surface area (Å²) in [6.07, 6.45) is 1.51. The second kappa shape index (κ2) is 8.90. The third kappa shape index (κ3) is 5.00. The number of halogens is 2. The van der Waals surface area contributed by atoms with Gasteiger partial charge in [0, 0.05) is 16.1 Å². The fraction of sp³-hybridized carbons (Fsp3) is 0.0588. The lowest BCUT2D eigenvalue weighted by Crippen LogP contribution is -2.14. The second-order valence-corrected chi connectivity index (χ2v) is 7.08. The van der Waals surface area contributed by atoms with Gasteiger partial charge in [0.25, 0.3) is 5.95 Å². The molecule has 2 aromatic carbocycles. The lowest BCUT2D eigenvalue weighted by molar-refractivity contribution is 0.102. The molecule has 0 bridgehead atoms. The molecule has 138 valence electrons. The van der Waals surface area contributed by atoms with Crippen LogP contribution < -0.4 is 11.3 Å². The van der Waals surface area contributed by atoms with Crippen LogP contribution in [0.4, 0.5) is 5.95 Å². The standard InChI is InChI=1S/C17H14Cl2N6OS/c18-13-7-6-12(14(19)8-13)9-21-22-16-23-24-17(25(16)20)27-10-15(26)11-4-2-1-3-5-11/h1-9H,10,20H2,(H,22,23)/b21-9+. The maximum absolute atomic E-state index is 12.1. The van der Waals surface area contributed by atoms with E-state index >= 15 is 0 Å². The summed E-state index contributed by atoms with van der Waals surface area (Å²) in [6.45, 7) is 0. The molecule has 0 amide bonds. The molecule has 0 fully saturated rings. The summed E-state index contributed by atoms with van der Waals surface area (Å²) in [4.78, 5) is 12.1. The Bertz CT molecular complexity index is 977. The average Bonchev–Trinajstić information content (AvgIpc) is 3.02. The minimum Gasteiger partial charge on any atom is -0.334 e. The van der Waals surface area contributed by atoms with Gasteiger partial charge >= 0.3 is 0 Å². The number of hydrogen-bond donors (Lipinski definition) is 2. The van der Waals surface area contributed by atoms with E-state index in [0.29, 0.717) is 26.3 Å². The zero-order chi connectivity index (χ0) is 19.2. The number of carbonyl (C=O) groups excluding carboxylic acids is 1. The number of hydrogen-bond acceptors (Lipinski definition) is 7. The van der Waals surface area contributed by atoms with Crippen molar-refractivity contribution in [1.29, 1.82) is 0 Å². The van der Waals surface area contributed by atoms with Gasteiger partial charge < -0.3 is 5.84 Å². The Morgan fingerprint density at radius 1 is 1.22 bits per heavy atom. The molecule has 0 radical (unpaired) electrons. The van der Waals surface area contributed by atoms with Gasteiger partial charge in [0.05, 0.1) is 17.0 Å². The molecule has 0 aliphatic rings. The van der Waals surface area contributed by atoms with E-state index in [1.165, 1.54) is 22.7 Å². The summed E-state index contributed by atoms with van der Waals surface area (Å²) < 4.78 is 1.23. The van der Waals surface area contributed by atoms with Crippen molar-refractivity contribution in [2.75, 3.05) is 17.0 Å². The predicted molar refractivity (Wildman–Crippen MR) is 109 cm³/mol. The first-order valence-electron chi connectivity index (χ1n) is 7.70. The van der Waals surface area contributed by atoms with Gasteiger partial charge in [-0.15, -0.1) is 10.2 Å². The molecule has 10 heteroatoms. The molecule has 3 aromatic rings. The number of aromatic nitrogens is 3. The SMILES string of the molecule is Nn1c(N/N=C/c2ccc(Cl)cc2Cl)nnc1SCC(=O)c1ccccc1. The van der Waals surface area contributed by atoms with E-state index in [9.17, 15) is 4.79 Å². The highest BCUT2D eigenvalue weighted by Crippen LogP contribution is 2.20. The van der Waals surface area contributed by atoms with Crippen molar-refractivity contribution in [3.63, 3.8) is 0 Å². The van der Waals surface area contributed by atoms with E-state index in [4.69, 9.17) is 29.0 Å². The number of Topliss-reactive ketones (excluding diaryl/α,β-unsaturated/α-hetero) is 1. The molecular formula is C17H14Cl2N6OS. The number of nitrogen functional groups attached to an aromatic ring is 1. The van der Waals surface area contributed by atoms with E-state index in [2.05, 4.69) is 20.7 Å². The van der Waals surface area contributed by atoms with E-state index in [1.807, 2.05) is 18.2 Å². The fourth-order valence-electron chi connectivity index (χ4n) is 2.05. The molecule has 1 aromatic heterocycles. The van der Waals surface area contributed by atoms with Crippen LogP contribution in [-0.2, 0) is 0 Å². The van der Waals surface area contributed by atoms with E-state index < -0.39 is 0 Å². The minimum absolute atomic E-state index is 0.0199.